The number of nitrogens with zero attached hydrogens (tertiary/aromatic N) is 4. The Balaban J connectivity index is 1.49. The van der Waals surface area contributed by atoms with Gasteiger partial charge >= 0.3 is 0 Å². The van der Waals surface area contributed by atoms with Crippen LogP contribution in [0.3, 0.4) is 0 Å². The molecule has 1 N–H and O–H groups in total. The highest BCUT2D eigenvalue weighted by Crippen LogP contribution is 2.39. The number of aryl methyl sites for hydroxylation is 1. The van der Waals surface area contributed by atoms with Crippen LogP contribution >= 0.6 is 11.8 Å². The summed E-state index contributed by atoms with van der Waals surface area (Å²) >= 11 is 0.977. The summed E-state index contributed by atoms with van der Waals surface area (Å²) in [6.45, 7) is 7.05. The monoisotopic (exact) mass is 673 g/mol. The van der Waals surface area contributed by atoms with Crippen LogP contribution in [0.2, 0.25) is 0 Å². The fourth-order valence-corrected chi connectivity index (χ4v) is 6.68. The van der Waals surface area contributed by atoms with E-state index in [1.807, 2.05) is 26.0 Å². The second-order valence-corrected chi connectivity index (χ2v) is 13.4. The number of nitrogens with one attached hydrogen (secondary N) is 1. The van der Waals surface area contributed by atoms with Gasteiger partial charge in [-0.15, -0.1) is 10.2 Å². The molecular weight excluding hydrogens is 643 g/mol. The number of aromatic nitrogens is 4. The lowest BCUT2D eigenvalue weighted by Gasteiger charge is -2.26. The first kappa shape index (κ1) is 32.9. The van der Waals surface area contributed by atoms with Crippen molar-refractivity contribution in [3.8, 4) is 17.2 Å². The van der Waals surface area contributed by atoms with Gasteiger partial charge < -0.3 is 14.0 Å². The minimum absolute atomic E-state index is 0.148. The van der Waals surface area contributed by atoms with Crippen LogP contribution in [0.4, 0.5) is 19.1 Å². The topological polar surface area (TPSA) is 121 Å². The van der Waals surface area contributed by atoms with Gasteiger partial charge in [0.1, 0.15) is 23.3 Å². The van der Waals surface area contributed by atoms with Gasteiger partial charge in [0.05, 0.1) is 30.2 Å². The molecule has 0 amide bonds. The minimum atomic E-state index is -4.39. The standard InChI is InChI=1S/C31H30F3N5O5S2/c1-17-18(2)37-44-28(17)38-46(40,41)22-14-24(33)23(25(34)15-22)16-45-30-36-35-29(39(30)21-10-8-20(32)9-11-21)31(3,4)19-7-12-26(42-5)27(13-19)43-6/h7-15,38H,16H2,1-6H3. The van der Waals surface area contributed by atoms with Gasteiger partial charge in [0.15, 0.2) is 16.7 Å². The van der Waals surface area contributed by atoms with Crippen molar-refractivity contribution in [2.45, 2.75) is 48.9 Å². The van der Waals surface area contributed by atoms with Crippen molar-refractivity contribution >= 4 is 27.7 Å². The summed E-state index contributed by atoms with van der Waals surface area (Å²) in [5.41, 5.74) is 1.06. The van der Waals surface area contributed by atoms with Crippen molar-refractivity contribution in [3.63, 3.8) is 0 Å². The number of halogens is 3. The molecule has 5 rings (SSSR count). The van der Waals surface area contributed by atoms with Crippen molar-refractivity contribution in [2.75, 3.05) is 18.9 Å². The van der Waals surface area contributed by atoms with Crippen LogP contribution in [0.15, 0.2) is 69.2 Å². The van der Waals surface area contributed by atoms with E-state index in [9.17, 15) is 12.8 Å². The summed E-state index contributed by atoms with van der Waals surface area (Å²) in [7, 11) is -1.33. The molecule has 0 spiro atoms. The Morgan fingerprint density at radius 1 is 0.935 bits per heavy atom. The van der Waals surface area contributed by atoms with Crippen molar-refractivity contribution in [1.29, 1.82) is 0 Å². The van der Waals surface area contributed by atoms with Gasteiger partial charge in [0.25, 0.3) is 10.0 Å². The molecule has 0 saturated carbocycles. The molecule has 0 aliphatic heterocycles. The molecule has 3 aromatic carbocycles. The van der Waals surface area contributed by atoms with Crippen LogP contribution < -0.4 is 14.2 Å². The largest absolute Gasteiger partial charge is 0.493 e. The first-order valence-corrected chi connectivity index (χ1v) is 16.2. The Kier molecular flexibility index (Phi) is 9.09. The molecule has 0 atom stereocenters. The predicted octanol–water partition coefficient (Wildman–Crippen LogP) is 6.73. The van der Waals surface area contributed by atoms with Crippen LogP contribution in [0.25, 0.3) is 5.69 Å². The van der Waals surface area contributed by atoms with E-state index >= 15 is 8.78 Å². The van der Waals surface area contributed by atoms with E-state index in [1.54, 1.807) is 36.6 Å². The Morgan fingerprint density at radius 2 is 1.59 bits per heavy atom. The number of methoxy groups -OCH3 is 2. The molecule has 0 fully saturated rings. The molecule has 2 heterocycles. The number of ether oxygens (including phenoxy) is 2. The van der Waals surface area contributed by atoms with Gasteiger partial charge in [0.2, 0.25) is 5.88 Å². The van der Waals surface area contributed by atoms with Gasteiger partial charge in [-0.25, -0.2) is 26.3 Å². The van der Waals surface area contributed by atoms with Crippen molar-refractivity contribution in [3.05, 3.63) is 100 Å². The number of thioether (sulfide) groups is 1. The molecular formula is C31H30F3N5O5S2. The quantitative estimate of drug-likeness (QED) is 0.152. The number of rotatable bonds is 11. The Bertz CT molecular complexity index is 1990. The molecule has 0 aliphatic carbocycles. The maximum Gasteiger partial charge on any atom is 0.264 e. The Labute approximate surface area is 268 Å². The normalized spacial score (nSPS) is 11.9. The van der Waals surface area contributed by atoms with E-state index in [4.69, 9.17) is 14.0 Å². The van der Waals surface area contributed by atoms with Gasteiger partial charge in [-0.05, 0) is 81.8 Å². The average Bonchev–Trinajstić information content (AvgIpc) is 3.59. The smallest absolute Gasteiger partial charge is 0.264 e. The SMILES string of the molecule is COc1ccc(C(C)(C)c2nnc(SCc3c(F)cc(S(=O)(=O)Nc4onc(C)c4C)cc3F)n2-c2ccc(F)cc2)cc1OC. The van der Waals surface area contributed by atoms with Crippen LogP contribution in [0, 0.1) is 31.3 Å². The van der Waals surface area contributed by atoms with Crippen molar-refractivity contribution in [2.24, 2.45) is 0 Å². The third kappa shape index (κ3) is 6.29. The third-order valence-electron chi connectivity index (χ3n) is 7.54. The molecule has 242 valence electrons. The van der Waals surface area contributed by atoms with Crippen molar-refractivity contribution in [1.82, 2.24) is 19.9 Å². The minimum Gasteiger partial charge on any atom is -0.493 e. The lowest BCUT2D eigenvalue weighted by Crippen LogP contribution is -2.24. The summed E-state index contributed by atoms with van der Waals surface area (Å²) in [4.78, 5) is -0.627. The lowest BCUT2D eigenvalue weighted by molar-refractivity contribution is 0.353. The lowest BCUT2D eigenvalue weighted by atomic mass is 9.83. The van der Waals surface area contributed by atoms with Gasteiger partial charge in [0, 0.05) is 22.6 Å². The molecule has 46 heavy (non-hydrogen) atoms. The zero-order chi connectivity index (χ0) is 33.4. The molecule has 10 nitrogen and oxygen atoms in total. The van der Waals surface area contributed by atoms with E-state index in [0.29, 0.717) is 34.3 Å². The maximum absolute atomic E-state index is 15.3. The summed E-state index contributed by atoms with van der Waals surface area (Å²) in [5.74, 6) is -1.50. The van der Waals surface area contributed by atoms with E-state index in [1.165, 1.54) is 26.4 Å². The highest BCUT2D eigenvalue weighted by molar-refractivity contribution is 7.98. The van der Waals surface area contributed by atoms with E-state index in [-0.39, 0.29) is 22.4 Å². The Morgan fingerprint density at radius 3 is 2.17 bits per heavy atom. The number of benzene rings is 3. The fraction of sp³-hybridized carbons (Fsp3) is 0.258. The average molecular weight is 674 g/mol. The van der Waals surface area contributed by atoms with E-state index in [0.717, 1.165) is 29.5 Å². The summed E-state index contributed by atoms with van der Waals surface area (Å²) in [6.07, 6.45) is 0. The van der Waals surface area contributed by atoms with E-state index in [2.05, 4.69) is 20.1 Å². The first-order valence-electron chi connectivity index (χ1n) is 13.8. The van der Waals surface area contributed by atoms with Crippen LogP contribution in [0.1, 0.15) is 42.1 Å². The zero-order valence-corrected chi connectivity index (χ0v) is 27.3. The highest BCUT2D eigenvalue weighted by atomic mass is 32.2. The third-order valence-corrected chi connectivity index (χ3v) is 9.80. The van der Waals surface area contributed by atoms with Crippen LogP contribution in [-0.2, 0) is 21.2 Å². The van der Waals surface area contributed by atoms with Crippen LogP contribution in [0.5, 0.6) is 11.5 Å². The number of anilines is 1. The molecule has 0 saturated heterocycles. The number of hydrogen-bond acceptors (Lipinski definition) is 9. The van der Waals surface area contributed by atoms with E-state index < -0.39 is 37.8 Å². The molecule has 0 unspecified atom stereocenters. The van der Waals surface area contributed by atoms with Gasteiger partial charge in [-0.1, -0.05) is 23.0 Å². The van der Waals surface area contributed by atoms with Gasteiger partial charge in [-0.3, -0.25) is 4.57 Å². The summed E-state index contributed by atoms with van der Waals surface area (Å²) < 4.78 is 89.9. The zero-order valence-electron chi connectivity index (χ0n) is 25.7. The second-order valence-electron chi connectivity index (χ2n) is 10.8. The number of hydrogen-bond donors (Lipinski definition) is 1. The summed E-state index contributed by atoms with van der Waals surface area (Å²) in [6, 6.07) is 12.6. The predicted molar refractivity (Wildman–Crippen MR) is 166 cm³/mol. The molecule has 0 bridgehead atoms. The number of sulfonamides is 1. The molecule has 0 radical (unpaired) electrons. The Hall–Kier alpha value is -4.50. The molecule has 0 aliphatic rings. The fourth-order valence-electron chi connectivity index (χ4n) is 4.65. The highest BCUT2D eigenvalue weighted by Gasteiger charge is 2.33. The van der Waals surface area contributed by atoms with Gasteiger partial charge in [-0.2, -0.15) is 0 Å². The van der Waals surface area contributed by atoms with Crippen LogP contribution in [-0.4, -0.2) is 42.6 Å². The molecule has 2 aromatic heterocycles. The second kappa shape index (κ2) is 12.7. The van der Waals surface area contributed by atoms with Crippen molar-refractivity contribution < 1.29 is 35.6 Å². The summed E-state index contributed by atoms with van der Waals surface area (Å²) in [5, 5.41) is 12.7. The first-order chi connectivity index (χ1) is 21.8. The molecule has 15 heteroatoms. The maximum atomic E-state index is 15.3. The molecule has 5 aromatic rings.